The quantitative estimate of drug-likeness (QED) is 0.738. The van der Waals surface area contributed by atoms with Gasteiger partial charge in [0.25, 0.3) is 5.91 Å². The number of nitrogens with zero attached hydrogens (tertiary/aromatic N) is 2. The number of hydrogen-bond acceptors (Lipinski definition) is 4. The molecule has 0 saturated heterocycles. The number of benzene rings is 2. The van der Waals surface area contributed by atoms with Gasteiger partial charge in [-0.2, -0.15) is 0 Å². The Hall–Kier alpha value is -2.82. The minimum absolute atomic E-state index is 0.0826. The average molecular weight is 282 g/mol. The van der Waals surface area contributed by atoms with Gasteiger partial charge in [-0.3, -0.25) is 9.36 Å². The number of aromatic nitrogens is 2. The van der Waals surface area contributed by atoms with Crippen LogP contribution < -0.4 is 9.47 Å². The molecule has 0 fully saturated rings. The molecule has 0 radical (unpaired) electrons. The Morgan fingerprint density at radius 3 is 2.62 bits per heavy atom. The fourth-order valence-electron chi connectivity index (χ4n) is 2.10. The lowest BCUT2D eigenvalue weighted by Crippen LogP contribution is -2.18. The van der Waals surface area contributed by atoms with Gasteiger partial charge in [0.1, 0.15) is 6.33 Å². The fraction of sp³-hybridized carbons (Fsp3) is 0.125. The largest absolute Gasteiger partial charge is 0.493 e. The zero-order chi connectivity index (χ0) is 14.7. The Morgan fingerprint density at radius 1 is 1.10 bits per heavy atom. The van der Waals surface area contributed by atoms with Crippen LogP contribution in [-0.2, 0) is 0 Å². The highest BCUT2D eigenvalue weighted by molar-refractivity contribution is 5.90. The predicted molar refractivity (Wildman–Crippen MR) is 78.8 cm³/mol. The van der Waals surface area contributed by atoms with E-state index in [-0.39, 0.29) is 12.5 Å². The van der Waals surface area contributed by atoms with E-state index in [0.29, 0.717) is 11.5 Å². The van der Waals surface area contributed by atoms with Gasteiger partial charge in [-0.05, 0) is 24.3 Å². The topological polar surface area (TPSA) is 53.4 Å². The number of ether oxygens (including phenoxy) is 2. The van der Waals surface area contributed by atoms with Crippen LogP contribution in [0.15, 0.2) is 54.9 Å². The zero-order valence-electron chi connectivity index (χ0n) is 11.5. The van der Waals surface area contributed by atoms with E-state index in [1.807, 2.05) is 36.4 Å². The van der Waals surface area contributed by atoms with Gasteiger partial charge in [0, 0.05) is 0 Å². The molecule has 1 aromatic heterocycles. The first kappa shape index (κ1) is 13.2. The summed E-state index contributed by atoms with van der Waals surface area (Å²) in [5, 5.41) is 0. The van der Waals surface area contributed by atoms with Crippen LogP contribution >= 0.6 is 0 Å². The number of methoxy groups -OCH3 is 1. The molecular weight excluding hydrogens is 268 g/mol. The third kappa shape index (κ3) is 2.58. The van der Waals surface area contributed by atoms with Gasteiger partial charge in [0.15, 0.2) is 18.1 Å². The summed E-state index contributed by atoms with van der Waals surface area (Å²) in [6.45, 7) is -0.0826. The Kier molecular flexibility index (Phi) is 3.55. The van der Waals surface area contributed by atoms with Crippen molar-refractivity contribution in [3.8, 4) is 11.5 Å². The molecule has 1 heterocycles. The smallest absolute Gasteiger partial charge is 0.270 e. The van der Waals surface area contributed by atoms with Gasteiger partial charge in [-0.15, -0.1) is 0 Å². The normalized spacial score (nSPS) is 10.5. The molecule has 0 amide bonds. The van der Waals surface area contributed by atoms with E-state index in [2.05, 4.69) is 4.98 Å². The SMILES string of the molecule is COc1ccccc1OCC(=O)n1cnc2ccccc21. The molecule has 0 spiro atoms. The number of hydrogen-bond donors (Lipinski definition) is 0. The number of carbonyl (C=O) groups excluding carboxylic acids is 1. The Balaban J connectivity index is 1.78. The standard InChI is InChI=1S/C16H14N2O3/c1-20-14-8-4-5-9-15(14)21-10-16(19)18-11-17-12-6-2-3-7-13(12)18/h2-9,11H,10H2,1H3. The highest BCUT2D eigenvalue weighted by atomic mass is 16.5. The van der Waals surface area contributed by atoms with Crippen LogP contribution in [0.1, 0.15) is 4.79 Å². The Morgan fingerprint density at radius 2 is 1.81 bits per heavy atom. The molecule has 5 nitrogen and oxygen atoms in total. The molecule has 3 rings (SSSR count). The first-order valence-corrected chi connectivity index (χ1v) is 6.50. The molecule has 0 aliphatic carbocycles. The summed E-state index contributed by atoms with van der Waals surface area (Å²) in [4.78, 5) is 16.4. The summed E-state index contributed by atoms with van der Waals surface area (Å²) < 4.78 is 12.2. The molecule has 3 aromatic rings. The molecule has 0 bridgehead atoms. The van der Waals surface area contributed by atoms with E-state index < -0.39 is 0 Å². The average Bonchev–Trinajstić information content (AvgIpc) is 2.97. The molecule has 21 heavy (non-hydrogen) atoms. The summed E-state index contributed by atoms with van der Waals surface area (Å²) in [7, 11) is 1.56. The van der Waals surface area contributed by atoms with Gasteiger partial charge in [-0.1, -0.05) is 24.3 Å². The summed E-state index contributed by atoms with van der Waals surface area (Å²) in [6.07, 6.45) is 1.51. The fourth-order valence-corrected chi connectivity index (χ4v) is 2.10. The third-order valence-electron chi connectivity index (χ3n) is 3.14. The zero-order valence-corrected chi connectivity index (χ0v) is 11.5. The first-order chi connectivity index (χ1) is 10.3. The molecule has 0 saturated carbocycles. The van der Waals surface area contributed by atoms with Crippen molar-refractivity contribution in [3.63, 3.8) is 0 Å². The van der Waals surface area contributed by atoms with Gasteiger partial charge in [0.2, 0.25) is 0 Å². The minimum Gasteiger partial charge on any atom is -0.493 e. The van der Waals surface area contributed by atoms with E-state index >= 15 is 0 Å². The number of fused-ring (bicyclic) bond motifs is 1. The van der Waals surface area contributed by atoms with Gasteiger partial charge < -0.3 is 9.47 Å². The number of carbonyl (C=O) groups is 1. The second-order valence-corrected chi connectivity index (χ2v) is 4.44. The summed E-state index contributed by atoms with van der Waals surface area (Å²) in [6, 6.07) is 14.7. The van der Waals surface area contributed by atoms with Crippen LogP contribution in [0.4, 0.5) is 0 Å². The van der Waals surface area contributed by atoms with Crippen molar-refractivity contribution in [1.29, 1.82) is 0 Å². The minimum atomic E-state index is -0.186. The highest BCUT2D eigenvalue weighted by Crippen LogP contribution is 2.25. The lowest BCUT2D eigenvalue weighted by Gasteiger charge is -2.10. The van der Waals surface area contributed by atoms with Crippen LogP contribution in [0.3, 0.4) is 0 Å². The van der Waals surface area contributed by atoms with Crippen molar-refractivity contribution in [2.75, 3.05) is 13.7 Å². The lowest BCUT2D eigenvalue weighted by molar-refractivity contribution is 0.0840. The van der Waals surface area contributed by atoms with Crippen LogP contribution in [0.2, 0.25) is 0 Å². The highest BCUT2D eigenvalue weighted by Gasteiger charge is 2.11. The molecule has 0 unspecified atom stereocenters. The molecular formula is C16H14N2O3. The first-order valence-electron chi connectivity index (χ1n) is 6.50. The summed E-state index contributed by atoms with van der Waals surface area (Å²) in [5.41, 5.74) is 1.55. The summed E-state index contributed by atoms with van der Waals surface area (Å²) >= 11 is 0. The van der Waals surface area contributed by atoms with E-state index in [4.69, 9.17) is 9.47 Å². The number of para-hydroxylation sites is 4. The molecule has 0 atom stereocenters. The number of imidazole rings is 1. The molecule has 2 aromatic carbocycles. The van der Waals surface area contributed by atoms with Crippen molar-refractivity contribution in [2.24, 2.45) is 0 Å². The van der Waals surface area contributed by atoms with E-state index in [1.165, 1.54) is 10.9 Å². The maximum atomic E-state index is 12.2. The van der Waals surface area contributed by atoms with E-state index in [1.54, 1.807) is 19.2 Å². The molecule has 0 aliphatic rings. The van der Waals surface area contributed by atoms with Crippen LogP contribution in [-0.4, -0.2) is 29.2 Å². The second-order valence-electron chi connectivity index (χ2n) is 4.44. The van der Waals surface area contributed by atoms with Crippen LogP contribution in [0, 0.1) is 0 Å². The molecule has 5 heteroatoms. The van der Waals surface area contributed by atoms with Gasteiger partial charge in [0.05, 0.1) is 18.1 Å². The monoisotopic (exact) mass is 282 g/mol. The Bertz CT molecular complexity index is 780. The molecule has 106 valence electrons. The van der Waals surface area contributed by atoms with Crippen LogP contribution in [0.25, 0.3) is 11.0 Å². The van der Waals surface area contributed by atoms with E-state index in [9.17, 15) is 4.79 Å². The summed E-state index contributed by atoms with van der Waals surface area (Å²) in [5.74, 6) is 0.952. The second kappa shape index (κ2) is 5.66. The van der Waals surface area contributed by atoms with Gasteiger partial charge in [-0.25, -0.2) is 4.98 Å². The lowest BCUT2D eigenvalue weighted by atomic mass is 10.3. The van der Waals surface area contributed by atoms with E-state index in [0.717, 1.165) is 11.0 Å². The maximum Gasteiger partial charge on any atom is 0.270 e. The van der Waals surface area contributed by atoms with Crippen molar-refractivity contribution < 1.29 is 14.3 Å². The predicted octanol–water partition coefficient (Wildman–Crippen LogP) is 2.76. The van der Waals surface area contributed by atoms with Crippen molar-refractivity contribution in [2.45, 2.75) is 0 Å². The molecule has 0 aliphatic heterocycles. The number of rotatable bonds is 4. The van der Waals surface area contributed by atoms with Crippen molar-refractivity contribution in [1.82, 2.24) is 9.55 Å². The van der Waals surface area contributed by atoms with Gasteiger partial charge >= 0.3 is 0 Å². The third-order valence-corrected chi connectivity index (χ3v) is 3.14. The maximum absolute atomic E-state index is 12.2. The Labute approximate surface area is 121 Å². The van der Waals surface area contributed by atoms with Crippen LogP contribution in [0.5, 0.6) is 11.5 Å². The van der Waals surface area contributed by atoms with Crippen molar-refractivity contribution >= 4 is 16.9 Å². The van der Waals surface area contributed by atoms with Crippen molar-refractivity contribution in [3.05, 3.63) is 54.9 Å². The molecule has 0 N–H and O–H groups in total.